The molecule has 1 N–H and O–H groups in total. The summed E-state index contributed by atoms with van der Waals surface area (Å²) in [5, 5.41) is 12.6. The van der Waals surface area contributed by atoms with Gasteiger partial charge >= 0.3 is 0 Å². The first-order valence-electron chi connectivity index (χ1n) is 8.21. The quantitative estimate of drug-likeness (QED) is 0.867. The first kappa shape index (κ1) is 16.7. The molecule has 6 nitrogen and oxygen atoms in total. The molecule has 1 aliphatic heterocycles. The number of ether oxygens (including phenoxy) is 2. The summed E-state index contributed by atoms with van der Waals surface area (Å²) < 4.78 is 11.0. The molecular weight excluding hydrogens is 326 g/mol. The number of anilines is 1. The third-order valence-electron chi connectivity index (χ3n) is 3.99. The van der Waals surface area contributed by atoms with Crippen molar-refractivity contribution in [2.24, 2.45) is 0 Å². The first-order chi connectivity index (χ1) is 11.7. The minimum absolute atomic E-state index is 0.112. The number of nitrogens with zero attached hydrogens (tertiary/aromatic N) is 2. The highest BCUT2D eigenvalue weighted by Crippen LogP contribution is 2.31. The molecule has 0 saturated carbocycles. The van der Waals surface area contributed by atoms with Gasteiger partial charge in [-0.2, -0.15) is 0 Å². The van der Waals surface area contributed by atoms with Crippen molar-refractivity contribution in [1.82, 2.24) is 10.2 Å². The molecule has 7 heteroatoms. The van der Waals surface area contributed by atoms with E-state index in [9.17, 15) is 4.79 Å². The Labute approximate surface area is 145 Å². The molecule has 1 aliphatic rings. The summed E-state index contributed by atoms with van der Waals surface area (Å²) in [4.78, 5) is 12.2. The monoisotopic (exact) mass is 347 g/mol. The summed E-state index contributed by atoms with van der Waals surface area (Å²) in [7, 11) is 0. The zero-order chi connectivity index (χ0) is 16.9. The fourth-order valence-electron chi connectivity index (χ4n) is 2.63. The van der Waals surface area contributed by atoms with E-state index in [1.807, 2.05) is 18.2 Å². The number of carbonyl (C=O) groups is 1. The number of hydrogen-bond donors (Lipinski definition) is 1. The third-order valence-corrected chi connectivity index (χ3v) is 4.99. The van der Waals surface area contributed by atoms with Crippen molar-refractivity contribution in [1.29, 1.82) is 0 Å². The number of hydrogen-bond acceptors (Lipinski definition) is 6. The maximum absolute atomic E-state index is 12.2. The first-order valence-corrected chi connectivity index (χ1v) is 9.03. The van der Waals surface area contributed by atoms with Gasteiger partial charge in [-0.3, -0.25) is 4.79 Å². The van der Waals surface area contributed by atoms with Gasteiger partial charge in [-0.25, -0.2) is 0 Å². The van der Waals surface area contributed by atoms with Gasteiger partial charge in [-0.15, -0.1) is 10.2 Å². The van der Waals surface area contributed by atoms with Gasteiger partial charge in [0.25, 0.3) is 0 Å². The molecule has 1 aromatic carbocycles. The molecule has 1 aromatic heterocycles. The third kappa shape index (κ3) is 3.84. The standard InChI is InChI=1S/C17H21N3O3S/c1-3-12(4-2)16-19-20-17(24-16)18-15(21)10-11-5-6-13-14(9-11)23-8-7-22-13/h5-6,9,12H,3-4,7-8,10H2,1-2H3,(H,18,20,21). The van der Waals surface area contributed by atoms with Crippen molar-refractivity contribution in [3.8, 4) is 11.5 Å². The summed E-state index contributed by atoms with van der Waals surface area (Å²) in [6.07, 6.45) is 2.31. The minimum Gasteiger partial charge on any atom is -0.486 e. The lowest BCUT2D eigenvalue weighted by Crippen LogP contribution is -2.17. The van der Waals surface area contributed by atoms with Gasteiger partial charge in [0.15, 0.2) is 11.5 Å². The SMILES string of the molecule is CCC(CC)c1nnc(NC(=O)Cc2ccc3c(c2)OCCO3)s1. The van der Waals surface area contributed by atoms with E-state index in [1.165, 1.54) is 11.3 Å². The van der Waals surface area contributed by atoms with E-state index in [0.29, 0.717) is 30.0 Å². The summed E-state index contributed by atoms with van der Waals surface area (Å²) >= 11 is 1.45. The second-order valence-electron chi connectivity index (χ2n) is 5.66. The molecule has 0 radical (unpaired) electrons. The molecule has 0 fully saturated rings. The summed E-state index contributed by atoms with van der Waals surface area (Å²) in [5.41, 5.74) is 0.876. The van der Waals surface area contributed by atoms with Crippen LogP contribution in [0, 0.1) is 0 Å². The van der Waals surface area contributed by atoms with Crippen LogP contribution in [0.5, 0.6) is 11.5 Å². The number of amides is 1. The zero-order valence-electron chi connectivity index (χ0n) is 13.9. The molecule has 1 amide bonds. The lowest BCUT2D eigenvalue weighted by atomic mass is 10.1. The van der Waals surface area contributed by atoms with Crippen LogP contribution in [0.2, 0.25) is 0 Å². The normalized spacial score (nSPS) is 13.1. The summed E-state index contributed by atoms with van der Waals surface area (Å²) in [5.74, 6) is 1.72. The van der Waals surface area contributed by atoms with Gasteiger partial charge in [-0.05, 0) is 30.5 Å². The summed E-state index contributed by atoms with van der Waals surface area (Å²) in [6, 6.07) is 5.57. The molecule has 128 valence electrons. The van der Waals surface area contributed by atoms with Gasteiger partial charge in [-0.1, -0.05) is 31.3 Å². The van der Waals surface area contributed by atoms with Crippen LogP contribution in [-0.2, 0) is 11.2 Å². The largest absolute Gasteiger partial charge is 0.486 e. The Morgan fingerprint density at radius 1 is 1.21 bits per heavy atom. The van der Waals surface area contributed by atoms with Crippen molar-refractivity contribution in [2.75, 3.05) is 18.5 Å². The highest BCUT2D eigenvalue weighted by atomic mass is 32.1. The van der Waals surface area contributed by atoms with E-state index in [0.717, 1.165) is 29.2 Å². The smallest absolute Gasteiger partial charge is 0.230 e. The molecule has 3 rings (SSSR count). The molecule has 0 saturated heterocycles. The molecule has 24 heavy (non-hydrogen) atoms. The van der Waals surface area contributed by atoms with Gasteiger partial charge < -0.3 is 14.8 Å². The van der Waals surface area contributed by atoms with Crippen molar-refractivity contribution in [3.63, 3.8) is 0 Å². The van der Waals surface area contributed by atoms with Crippen molar-refractivity contribution in [3.05, 3.63) is 28.8 Å². The second-order valence-corrected chi connectivity index (χ2v) is 6.67. The lowest BCUT2D eigenvalue weighted by Gasteiger charge is -2.18. The second kappa shape index (κ2) is 7.61. The van der Waals surface area contributed by atoms with E-state index < -0.39 is 0 Å². The average Bonchev–Trinajstić information content (AvgIpc) is 3.04. The van der Waals surface area contributed by atoms with E-state index in [2.05, 4.69) is 29.4 Å². The van der Waals surface area contributed by atoms with E-state index in [4.69, 9.17) is 9.47 Å². The van der Waals surface area contributed by atoms with Gasteiger partial charge in [0, 0.05) is 5.92 Å². The van der Waals surface area contributed by atoms with Gasteiger partial charge in [0.05, 0.1) is 6.42 Å². The Morgan fingerprint density at radius 2 is 1.96 bits per heavy atom. The van der Waals surface area contributed by atoms with Crippen molar-refractivity contribution < 1.29 is 14.3 Å². The molecule has 0 aliphatic carbocycles. The zero-order valence-corrected chi connectivity index (χ0v) is 14.7. The predicted molar refractivity (Wildman–Crippen MR) is 93.0 cm³/mol. The fraction of sp³-hybridized carbons (Fsp3) is 0.471. The maximum Gasteiger partial charge on any atom is 0.230 e. The number of rotatable bonds is 6. The van der Waals surface area contributed by atoms with Crippen LogP contribution in [0.15, 0.2) is 18.2 Å². The van der Waals surface area contributed by atoms with Crippen LogP contribution in [0.1, 0.15) is 43.2 Å². The summed E-state index contributed by atoms with van der Waals surface area (Å²) in [6.45, 7) is 5.36. The Kier molecular flexibility index (Phi) is 5.30. The Balaban J connectivity index is 1.61. The molecule has 2 aromatic rings. The van der Waals surface area contributed by atoms with Crippen LogP contribution < -0.4 is 14.8 Å². The van der Waals surface area contributed by atoms with Crippen LogP contribution >= 0.6 is 11.3 Å². The number of carbonyl (C=O) groups excluding carboxylic acids is 1. The van der Waals surface area contributed by atoms with Crippen molar-refractivity contribution >= 4 is 22.4 Å². The number of fused-ring (bicyclic) bond motifs is 1. The van der Waals surface area contributed by atoms with Crippen LogP contribution in [0.3, 0.4) is 0 Å². The van der Waals surface area contributed by atoms with Crippen LogP contribution in [0.4, 0.5) is 5.13 Å². The Bertz CT molecular complexity index is 713. The lowest BCUT2D eigenvalue weighted by molar-refractivity contribution is -0.115. The Hall–Kier alpha value is -2.15. The molecule has 2 heterocycles. The van der Waals surface area contributed by atoms with Crippen molar-refractivity contribution in [2.45, 2.75) is 39.0 Å². The average molecular weight is 347 g/mol. The highest BCUT2D eigenvalue weighted by molar-refractivity contribution is 7.15. The van der Waals surface area contributed by atoms with Gasteiger partial charge in [0.2, 0.25) is 11.0 Å². The van der Waals surface area contributed by atoms with E-state index >= 15 is 0 Å². The number of aromatic nitrogens is 2. The number of nitrogens with one attached hydrogen (secondary N) is 1. The minimum atomic E-state index is -0.112. The van der Waals surface area contributed by atoms with Crippen LogP contribution in [-0.4, -0.2) is 29.3 Å². The molecule has 0 bridgehead atoms. The number of benzene rings is 1. The van der Waals surface area contributed by atoms with Crippen LogP contribution in [0.25, 0.3) is 0 Å². The predicted octanol–water partition coefficient (Wildman–Crippen LogP) is 3.39. The van der Waals surface area contributed by atoms with Gasteiger partial charge in [0.1, 0.15) is 18.2 Å². The Morgan fingerprint density at radius 3 is 2.71 bits per heavy atom. The van der Waals surface area contributed by atoms with E-state index in [1.54, 1.807) is 0 Å². The molecule has 0 spiro atoms. The maximum atomic E-state index is 12.2. The molecular formula is C17H21N3O3S. The highest BCUT2D eigenvalue weighted by Gasteiger charge is 2.16. The molecule has 0 atom stereocenters. The fourth-order valence-corrected chi connectivity index (χ4v) is 3.66. The molecule has 0 unspecified atom stereocenters. The topological polar surface area (TPSA) is 73.3 Å². The van der Waals surface area contributed by atoms with E-state index in [-0.39, 0.29) is 12.3 Å².